The van der Waals surface area contributed by atoms with Crippen LogP contribution in [0.25, 0.3) is 21.8 Å². The number of primary amides is 2. The smallest absolute Gasteiger partial charge is 0.305 e. The van der Waals surface area contributed by atoms with Crippen molar-refractivity contribution in [3.05, 3.63) is 120 Å². The van der Waals surface area contributed by atoms with E-state index in [1.165, 1.54) is 50.8 Å². The topological polar surface area (TPSA) is 672 Å². The second kappa shape index (κ2) is 50.0. The highest BCUT2D eigenvalue weighted by atomic mass is 32.2. The van der Waals surface area contributed by atoms with Gasteiger partial charge in [-0.2, -0.15) is 0 Å². The molecular weight excluding hydrogens is 1770 g/mol. The van der Waals surface area contributed by atoms with E-state index in [-0.39, 0.29) is 82.2 Å². The van der Waals surface area contributed by atoms with Crippen molar-refractivity contribution in [2.45, 2.75) is 221 Å². The zero-order valence-corrected chi connectivity index (χ0v) is 75.5. The Morgan fingerprint density at radius 2 is 1.10 bits per heavy atom. The molecule has 1 unspecified atom stereocenters. The van der Waals surface area contributed by atoms with Crippen LogP contribution in [0, 0.1) is 0 Å². The number of carbonyl (C=O) groups excluding carboxylic acids is 18. The van der Waals surface area contributed by atoms with Gasteiger partial charge in [-0.3, -0.25) is 91.1 Å². The molecule has 0 aliphatic carbocycles. The standard InChI is InChI=1S/C88H117N21O24S/c1-6-8-17-59-85(129)107(5)68(20-9-7-2)82(126)97-58(28-30-133-46-111)77(121)105-67(76(120)94-40-72(90)115)43-134-44-73(116)96-64(31-48-22-24-52(112)25-23-48)86(130)106(4)47(3)75(119)103-65(36-74(117)118)88(132)108-29-14-21-69(108)83(127)102-63(34-51-39-91-45-95-51)80(124)99-60(26-27-71(89)114)87(131)109-41-53(113)35-70(109)84(128)101-62(33-50-38-93-57-19-13-11-16-55(50)57)79(123)104-66(42-110)81(125)100-61(78(122)98-59)32-49-37-92-56-18-12-10-15-54(49)56/h10-13,15-16,18-19,22-25,37-39,45-47,53,58-70,92-93,110,112-113H,6-9,14,17,20-21,26-36,40-44H2,1-5H3,(H2,89,114)(H2,90,115)(H,91,95)(H,94,120)(H,96,116)(H,97,126)(H,98,122)(H,99,124)(H,100,125)(H,101,128)(H,102,127)(H,103,119)(H,104,123)(H,105,121)(H,117,118)/t47-,53+,58-,59+,60-,61-,62-,63-,64-,65-,66-,67?,68-,69-,70-/m0/s1. The Hall–Kier alpha value is -14.0. The molecule has 22 N–H and O–H groups in total. The number of amides is 17. The molecule has 0 radical (unpaired) electrons. The lowest BCUT2D eigenvalue weighted by molar-refractivity contribution is -0.147. The van der Waals surface area contributed by atoms with Crippen molar-refractivity contribution >= 4 is 146 Å². The Bertz CT molecular complexity index is 5210. The molecule has 45 nitrogen and oxygen atoms in total. The Morgan fingerprint density at radius 1 is 0.567 bits per heavy atom. The molecule has 6 heterocycles. The summed E-state index contributed by atoms with van der Waals surface area (Å²) in [4.78, 5) is 289. The number of aliphatic hydroxyl groups is 2. The number of nitrogens with one attached hydrogen (secondary N) is 14. The third kappa shape index (κ3) is 29.0. The van der Waals surface area contributed by atoms with E-state index in [1.807, 2.05) is 0 Å². The largest absolute Gasteiger partial charge is 0.508 e. The number of aromatic amines is 3. The number of phenolic OH excluding ortho intramolecular Hbond substituents is 1. The highest BCUT2D eigenvalue weighted by Crippen LogP contribution is 2.27. The van der Waals surface area contributed by atoms with E-state index in [2.05, 4.69) is 78.4 Å². The molecule has 134 heavy (non-hydrogen) atoms. The number of nitrogens with zero attached hydrogens (tertiary/aromatic N) is 5. The van der Waals surface area contributed by atoms with Gasteiger partial charge in [0.15, 0.2) is 0 Å². The average molecular weight is 1890 g/mol. The fourth-order valence-electron chi connectivity index (χ4n) is 16.0. The number of carboxylic acids is 1. The molecule has 46 heteroatoms. The number of fused-ring (bicyclic) bond motifs is 4. The molecule has 3 fully saturated rings. The van der Waals surface area contributed by atoms with E-state index in [4.69, 9.17) is 16.2 Å². The lowest BCUT2D eigenvalue weighted by Crippen LogP contribution is -2.61. The molecule has 724 valence electrons. The number of thioether (sulfide) groups is 1. The van der Waals surface area contributed by atoms with Crippen molar-refractivity contribution in [1.29, 1.82) is 0 Å². The van der Waals surface area contributed by atoms with Crippen LogP contribution < -0.4 is 70.0 Å². The van der Waals surface area contributed by atoms with Crippen LogP contribution in [-0.2, 0) is 122 Å². The predicted octanol–water partition coefficient (Wildman–Crippen LogP) is -4.15. The fourth-order valence-corrected chi connectivity index (χ4v) is 16.9. The number of carbonyl (C=O) groups is 19. The number of aromatic nitrogens is 4. The number of ether oxygens (including phenoxy) is 1. The van der Waals surface area contributed by atoms with Crippen LogP contribution in [0.3, 0.4) is 0 Å². The van der Waals surface area contributed by atoms with Crippen molar-refractivity contribution in [2.75, 3.05) is 58.4 Å². The van der Waals surface area contributed by atoms with Gasteiger partial charge in [0.05, 0.1) is 44.4 Å². The molecule has 0 bridgehead atoms. The number of aromatic hydroxyl groups is 1. The Morgan fingerprint density at radius 3 is 1.69 bits per heavy atom. The summed E-state index contributed by atoms with van der Waals surface area (Å²) in [5.41, 5.74) is 13.7. The van der Waals surface area contributed by atoms with Gasteiger partial charge < -0.3 is 130 Å². The number of H-pyrrole nitrogens is 3. The number of para-hydroxylation sites is 2. The number of hydrogen-bond acceptors (Lipinski definition) is 25. The lowest BCUT2D eigenvalue weighted by Gasteiger charge is -2.33. The fraction of sp³-hybridized carbons (Fsp3) is 0.500. The minimum absolute atomic E-state index is 0.0652. The van der Waals surface area contributed by atoms with Crippen molar-refractivity contribution in [3.8, 4) is 5.75 Å². The van der Waals surface area contributed by atoms with Gasteiger partial charge in [0.2, 0.25) is 100 Å². The summed E-state index contributed by atoms with van der Waals surface area (Å²) in [6, 6.07) is -4.15. The Kier molecular flexibility index (Phi) is 38.7. The van der Waals surface area contributed by atoms with Crippen molar-refractivity contribution in [2.24, 2.45) is 11.5 Å². The average Bonchev–Trinajstić information content (AvgIpc) is 1.61. The molecule has 3 aromatic carbocycles. The Balaban J connectivity index is 1.09. The minimum Gasteiger partial charge on any atom is -0.508 e. The van der Waals surface area contributed by atoms with Crippen LogP contribution in [0.4, 0.5) is 0 Å². The normalized spacial score (nSPS) is 24.7. The van der Waals surface area contributed by atoms with Crippen molar-refractivity contribution in [1.82, 2.24) is 98.0 Å². The molecule has 0 spiro atoms. The van der Waals surface area contributed by atoms with Crippen LogP contribution in [0.5, 0.6) is 5.75 Å². The van der Waals surface area contributed by atoms with E-state index in [0.717, 1.165) is 26.6 Å². The van der Waals surface area contributed by atoms with E-state index in [9.17, 15) is 73.2 Å². The van der Waals surface area contributed by atoms with Gasteiger partial charge in [-0.1, -0.05) is 88.1 Å². The quantitative estimate of drug-likeness (QED) is 0.0172. The second-order valence-electron chi connectivity index (χ2n) is 33.1. The summed E-state index contributed by atoms with van der Waals surface area (Å²) in [5, 5.41) is 72.4. The maximum absolute atomic E-state index is 15.3. The first kappa shape index (κ1) is 104. The van der Waals surface area contributed by atoms with Gasteiger partial charge in [0.1, 0.15) is 90.3 Å². The van der Waals surface area contributed by atoms with Gasteiger partial charge >= 0.3 is 5.97 Å². The van der Waals surface area contributed by atoms with Gasteiger partial charge in [0, 0.05) is 124 Å². The van der Waals surface area contributed by atoms with E-state index >= 15 is 38.4 Å². The molecule has 6 aromatic rings. The number of carboxylic acid groups (broad SMARTS) is 1. The molecule has 3 saturated heterocycles. The molecule has 9 rings (SSSR count). The number of imidazole rings is 1. The van der Waals surface area contributed by atoms with Crippen molar-refractivity contribution in [3.63, 3.8) is 0 Å². The van der Waals surface area contributed by atoms with E-state index in [0.29, 0.717) is 63.1 Å². The van der Waals surface area contributed by atoms with Gasteiger partial charge in [0.25, 0.3) is 6.47 Å². The number of hydrogen-bond donors (Lipinski definition) is 20. The first-order valence-electron chi connectivity index (χ1n) is 44.0. The van der Waals surface area contributed by atoms with E-state index < -0.39 is 273 Å². The van der Waals surface area contributed by atoms with Crippen LogP contribution in [0.2, 0.25) is 0 Å². The number of aliphatic carboxylic acids is 1. The van der Waals surface area contributed by atoms with Gasteiger partial charge in [-0.05, 0) is 80.0 Å². The van der Waals surface area contributed by atoms with Gasteiger partial charge in [-0.15, -0.1) is 11.8 Å². The third-order valence-corrected chi connectivity index (χ3v) is 24.5. The predicted molar refractivity (Wildman–Crippen MR) is 480 cm³/mol. The maximum atomic E-state index is 15.3. The van der Waals surface area contributed by atoms with Gasteiger partial charge in [-0.25, -0.2) is 4.98 Å². The lowest BCUT2D eigenvalue weighted by atomic mass is 10.0. The number of phenols is 1. The first-order chi connectivity index (χ1) is 64.0. The number of unbranched alkanes of at least 4 members (excludes halogenated alkanes) is 2. The third-order valence-electron chi connectivity index (χ3n) is 23.4. The van der Waals surface area contributed by atoms with Crippen LogP contribution >= 0.6 is 11.8 Å². The molecule has 0 saturated carbocycles. The van der Waals surface area contributed by atoms with Crippen LogP contribution in [-0.4, -0.2) is 322 Å². The highest BCUT2D eigenvalue weighted by molar-refractivity contribution is 8.00. The molecule has 3 aromatic heterocycles. The summed E-state index contributed by atoms with van der Waals surface area (Å²) in [6.45, 7) is 1.64. The summed E-state index contributed by atoms with van der Waals surface area (Å²) in [6.07, 6.45) is 0.956. The number of likely N-dealkylation sites (N-methyl/N-ethyl adjacent to an activating group) is 2. The molecule has 15 atom stereocenters. The summed E-state index contributed by atoms with van der Waals surface area (Å²) < 4.78 is 4.96. The molecular formula is C88H117N21O24S. The minimum atomic E-state index is -1.95. The van der Waals surface area contributed by atoms with Crippen molar-refractivity contribution < 1.29 is 116 Å². The maximum Gasteiger partial charge on any atom is 0.305 e. The number of aliphatic hydroxyl groups excluding tert-OH is 2. The Labute approximate surface area is 773 Å². The monoisotopic (exact) mass is 1880 g/mol. The number of rotatable bonds is 27. The second-order valence-corrected chi connectivity index (χ2v) is 34.2. The first-order valence-corrected chi connectivity index (χ1v) is 45.2. The number of benzene rings is 3. The van der Waals surface area contributed by atoms with Crippen LogP contribution in [0.15, 0.2) is 97.7 Å². The zero-order valence-electron chi connectivity index (χ0n) is 74.7. The molecule has 3 aliphatic rings. The molecule has 3 aliphatic heterocycles. The zero-order chi connectivity index (χ0) is 97.6. The SMILES string of the molecule is CCCC[C@H]1NC(=O)[C@H](Cc2c[nH]c3ccccc23)NC(=O)[C@H](CO)NC(=O)[C@H](Cc2c[nH]c3ccccc23)NC(=O)[C@@H]2C[C@@H](O)CN2C(=O)[C@H](CCC(N)=O)NC(=O)[C@H](Cc2cnc[nH]2)NC(=O)[C@@H]2CCCN2C(=O)[C@H](CC(=O)O)NC(=O)[C@H](C)N(C)C(=O)[C@H](Cc2ccc(O)cc2)NC(=O)CSCC(C(=O)NCC(N)=O)NC(=O)[C@H](CCOC=O)NC(=O)[C@H](CCCC)N(C)C1=O. The summed E-state index contributed by atoms with van der Waals surface area (Å²) >= 11 is 0.709. The number of nitrogens with two attached hydrogens (primary N) is 2. The van der Waals surface area contributed by atoms with E-state index in [1.54, 1.807) is 74.8 Å². The summed E-state index contributed by atoms with van der Waals surface area (Å²) in [7, 11) is 2.44. The highest BCUT2D eigenvalue weighted by Gasteiger charge is 2.46. The van der Waals surface area contributed by atoms with Crippen LogP contribution in [0.1, 0.15) is 127 Å². The summed E-state index contributed by atoms with van der Waals surface area (Å²) in [5.74, 6) is -20.4. The molecule has 17 amide bonds.